The van der Waals surface area contributed by atoms with Crippen LogP contribution in [0, 0.1) is 31.6 Å². The van der Waals surface area contributed by atoms with E-state index in [1.54, 1.807) is 0 Å². The third-order valence-electron chi connectivity index (χ3n) is 6.88. The molecule has 1 aliphatic rings. The maximum absolute atomic E-state index is 11.1. The number of aliphatic hydroxyl groups is 2. The fourth-order valence-electron chi connectivity index (χ4n) is 4.89. The topological polar surface area (TPSA) is 80.9 Å². The second kappa shape index (κ2) is 9.88. The van der Waals surface area contributed by atoms with Crippen molar-refractivity contribution >= 4 is 0 Å². The first-order valence-electron chi connectivity index (χ1n) is 11.3. The van der Waals surface area contributed by atoms with Crippen LogP contribution in [0.1, 0.15) is 59.6 Å². The molecule has 168 valence electrons. The van der Waals surface area contributed by atoms with E-state index >= 15 is 0 Å². The lowest BCUT2D eigenvalue weighted by atomic mass is 9.70. The Morgan fingerprint density at radius 2 is 1.29 bits per heavy atom. The van der Waals surface area contributed by atoms with Gasteiger partial charge in [0.2, 0.25) is 0 Å². The molecule has 0 aromatic heterocycles. The van der Waals surface area contributed by atoms with Gasteiger partial charge in [0.15, 0.2) is 0 Å². The molecule has 4 nitrogen and oxygen atoms in total. The highest BCUT2D eigenvalue weighted by atomic mass is 16.3. The summed E-state index contributed by atoms with van der Waals surface area (Å²) in [6.45, 7) is 8.32. The molecule has 3 atom stereocenters. The second-order valence-electron chi connectivity index (χ2n) is 9.25. The molecule has 0 saturated heterocycles. The molecule has 1 aliphatic carbocycles. The van der Waals surface area contributed by atoms with Gasteiger partial charge in [-0.2, -0.15) is 0 Å². The van der Waals surface area contributed by atoms with Gasteiger partial charge in [-0.25, -0.2) is 0 Å². The molecule has 2 aromatic carbocycles. The monoisotopic (exact) mass is 424 g/mol. The number of benzene rings is 2. The second-order valence-corrected chi connectivity index (χ2v) is 9.25. The van der Waals surface area contributed by atoms with Crippen LogP contribution >= 0.6 is 0 Å². The van der Waals surface area contributed by atoms with Crippen LogP contribution in [-0.4, -0.2) is 33.6 Å². The van der Waals surface area contributed by atoms with Crippen molar-refractivity contribution in [1.82, 2.24) is 0 Å². The fraction of sp³-hybridized carbons (Fsp3) is 0.481. The van der Waals surface area contributed by atoms with Crippen molar-refractivity contribution in [2.45, 2.75) is 52.9 Å². The van der Waals surface area contributed by atoms with E-state index in [0.717, 1.165) is 39.8 Å². The highest BCUT2D eigenvalue weighted by Gasteiger charge is 2.33. The Balaban J connectivity index is 2.24. The normalized spacial score (nSPS) is 21.1. The Hall–Kier alpha value is -2.30. The van der Waals surface area contributed by atoms with Crippen molar-refractivity contribution in [3.8, 4) is 11.5 Å². The van der Waals surface area contributed by atoms with Crippen molar-refractivity contribution in [2.24, 2.45) is 17.8 Å². The van der Waals surface area contributed by atoms with E-state index in [-0.39, 0.29) is 36.5 Å². The van der Waals surface area contributed by atoms with E-state index in [9.17, 15) is 20.4 Å². The van der Waals surface area contributed by atoms with Gasteiger partial charge in [-0.3, -0.25) is 0 Å². The first-order chi connectivity index (χ1) is 14.8. The molecule has 0 bridgehead atoms. The number of allylic oxidation sites excluding steroid dienone is 2. The average Bonchev–Trinajstić information content (AvgIpc) is 2.72. The lowest BCUT2D eigenvalue weighted by molar-refractivity contribution is 0.299. The number of aliphatic hydroxyl groups excluding tert-OH is 2. The summed E-state index contributed by atoms with van der Waals surface area (Å²) < 4.78 is 0. The number of hydrogen-bond acceptors (Lipinski definition) is 4. The maximum Gasteiger partial charge on any atom is 0.122 e. The van der Waals surface area contributed by atoms with Crippen molar-refractivity contribution in [3.05, 3.63) is 69.8 Å². The summed E-state index contributed by atoms with van der Waals surface area (Å²) in [5.41, 5.74) is 5.07. The largest absolute Gasteiger partial charge is 0.507 e. The molecule has 0 amide bonds. The van der Waals surface area contributed by atoms with Crippen molar-refractivity contribution in [2.75, 3.05) is 13.2 Å². The first kappa shape index (κ1) is 23.4. The molecule has 0 spiro atoms. The predicted octanol–water partition coefficient (Wildman–Crippen LogP) is 4.76. The zero-order chi connectivity index (χ0) is 22.7. The van der Waals surface area contributed by atoms with Crippen LogP contribution in [0.3, 0.4) is 0 Å². The van der Waals surface area contributed by atoms with E-state index < -0.39 is 0 Å². The number of aryl methyl sites for hydroxylation is 2. The summed E-state index contributed by atoms with van der Waals surface area (Å²) in [7, 11) is 0. The molecular formula is C27H36O4. The summed E-state index contributed by atoms with van der Waals surface area (Å²) in [6.07, 6.45) is 6.47. The van der Waals surface area contributed by atoms with E-state index in [0.29, 0.717) is 24.7 Å². The smallest absolute Gasteiger partial charge is 0.122 e. The standard InChI is InChI=1S/C27H36O4/c1-16-5-6-22(13-17(16)2)25(23-14-20(7-9-28)11-18(3)26(23)30)24-15-21(8-10-29)12-19(4)27(24)31/h5-6,11-12,14-17,22,25,28-31H,7-10,13H2,1-4H3. The summed E-state index contributed by atoms with van der Waals surface area (Å²) in [5.74, 6) is 1.37. The van der Waals surface area contributed by atoms with Crippen LogP contribution < -0.4 is 0 Å². The van der Waals surface area contributed by atoms with E-state index in [2.05, 4.69) is 26.0 Å². The molecule has 4 heteroatoms. The van der Waals surface area contributed by atoms with Gasteiger partial charge in [-0.1, -0.05) is 50.3 Å². The minimum Gasteiger partial charge on any atom is -0.507 e. The average molecular weight is 425 g/mol. The summed E-state index contributed by atoms with van der Waals surface area (Å²) in [5, 5.41) is 41.1. The molecule has 0 saturated carbocycles. The fourth-order valence-corrected chi connectivity index (χ4v) is 4.89. The quantitative estimate of drug-likeness (QED) is 0.483. The van der Waals surface area contributed by atoms with Gasteiger partial charge in [0.25, 0.3) is 0 Å². The third-order valence-corrected chi connectivity index (χ3v) is 6.88. The van der Waals surface area contributed by atoms with Crippen LogP contribution in [0.15, 0.2) is 36.4 Å². The van der Waals surface area contributed by atoms with Gasteiger partial charge in [0.1, 0.15) is 11.5 Å². The molecule has 0 heterocycles. The predicted molar refractivity (Wildman–Crippen MR) is 125 cm³/mol. The summed E-state index contributed by atoms with van der Waals surface area (Å²) in [4.78, 5) is 0. The van der Waals surface area contributed by atoms with Crippen LogP contribution in [0.4, 0.5) is 0 Å². The Labute approximate surface area is 185 Å². The number of aromatic hydroxyl groups is 2. The summed E-state index contributed by atoms with van der Waals surface area (Å²) >= 11 is 0. The molecule has 4 N–H and O–H groups in total. The Morgan fingerprint density at radius 3 is 1.71 bits per heavy atom. The summed E-state index contributed by atoms with van der Waals surface area (Å²) in [6, 6.07) is 7.79. The van der Waals surface area contributed by atoms with Crippen molar-refractivity contribution in [3.63, 3.8) is 0 Å². The van der Waals surface area contributed by atoms with E-state index in [1.807, 2.05) is 38.1 Å². The van der Waals surface area contributed by atoms with Crippen LogP contribution in [0.5, 0.6) is 11.5 Å². The molecule has 2 aromatic rings. The molecule has 0 aliphatic heterocycles. The Bertz CT molecular complexity index is 885. The van der Waals surface area contributed by atoms with Crippen molar-refractivity contribution < 1.29 is 20.4 Å². The minimum atomic E-state index is -0.221. The third kappa shape index (κ3) is 4.97. The molecule has 0 fully saturated rings. The maximum atomic E-state index is 11.1. The number of phenolic OH excluding ortho intramolecular Hbond substituents is 2. The van der Waals surface area contributed by atoms with Gasteiger partial charge in [-0.15, -0.1) is 0 Å². The lowest BCUT2D eigenvalue weighted by Gasteiger charge is -2.34. The molecule has 3 rings (SSSR count). The molecule has 31 heavy (non-hydrogen) atoms. The van der Waals surface area contributed by atoms with E-state index in [4.69, 9.17) is 0 Å². The Morgan fingerprint density at radius 1 is 0.806 bits per heavy atom. The minimum absolute atomic E-state index is 0.0442. The molecular weight excluding hydrogens is 388 g/mol. The zero-order valence-corrected chi connectivity index (χ0v) is 19.1. The highest BCUT2D eigenvalue weighted by molar-refractivity contribution is 5.54. The lowest BCUT2D eigenvalue weighted by Crippen LogP contribution is -2.23. The van der Waals surface area contributed by atoms with Gasteiger partial charge in [0.05, 0.1) is 0 Å². The van der Waals surface area contributed by atoms with Gasteiger partial charge < -0.3 is 20.4 Å². The Kier molecular flexibility index (Phi) is 7.45. The van der Waals surface area contributed by atoms with Gasteiger partial charge >= 0.3 is 0 Å². The van der Waals surface area contributed by atoms with Crippen LogP contribution in [-0.2, 0) is 12.8 Å². The van der Waals surface area contributed by atoms with Crippen LogP contribution in [0.2, 0.25) is 0 Å². The zero-order valence-electron chi connectivity index (χ0n) is 19.1. The van der Waals surface area contributed by atoms with Crippen molar-refractivity contribution in [1.29, 1.82) is 0 Å². The van der Waals surface area contributed by atoms with Gasteiger partial charge in [-0.05, 0) is 73.1 Å². The molecule has 3 unspecified atom stereocenters. The first-order valence-corrected chi connectivity index (χ1v) is 11.3. The highest BCUT2D eigenvalue weighted by Crippen LogP contribution is 2.47. The van der Waals surface area contributed by atoms with E-state index in [1.165, 1.54) is 0 Å². The number of phenols is 2. The molecule has 0 radical (unpaired) electrons. The van der Waals surface area contributed by atoms with Gasteiger partial charge in [0, 0.05) is 30.3 Å². The van der Waals surface area contributed by atoms with Crippen LogP contribution in [0.25, 0.3) is 0 Å². The SMILES string of the molecule is Cc1cc(CCO)cc(C(c2cc(CCO)cc(C)c2O)C2C=CC(C)C(C)C2)c1O. The number of hydrogen-bond donors (Lipinski definition) is 4. The number of rotatable bonds is 7.